The Morgan fingerprint density at radius 3 is 2.91 bits per heavy atom. The van der Waals surface area contributed by atoms with Crippen LogP contribution in [0.1, 0.15) is 38.2 Å². The predicted octanol–water partition coefficient (Wildman–Crippen LogP) is 3.45. The number of halogens is 1. The zero-order valence-corrected chi connectivity index (χ0v) is 14.6. The average molecular weight is 379 g/mol. The Morgan fingerprint density at radius 2 is 2.17 bits per heavy atom. The average Bonchev–Trinajstić information content (AvgIpc) is 2.91. The highest BCUT2D eigenvalue weighted by molar-refractivity contribution is 9.10. The van der Waals surface area contributed by atoms with Gasteiger partial charge in [0.2, 0.25) is 12.7 Å². The van der Waals surface area contributed by atoms with E-state index >= 15 is 0 Å². The summed E-state index contributed by atoms with van der Waals surface area (Å²) in [5.74, 6) is 2.13. The van der Waals surface area contributed by atoms with Crippen LogP contribution in [0.5, 0.6) is 11.5 Å². The molecule has 3 aliphatic rings. The van der Waals surface area contributed by atoms with Gasteiger partial charge in [-0.25, -0.2) is 5.43 Å². The number of nitrogens with zero attached hydrogens (tertiary/aromatic N) is 1. The Balaban J connectivity index is 1.41. The fourth-order valence-corrected chi connectivity index (χ4v) is 4.54. The van der Waals surface area contributed by atoms with Crippen molar-refractivity contribution in [2.45, 2.75) is 32.6 Å². The highest BCUT2D eigenvalue weighted by Crippen LogP contribution is 2.66. The van der Waals surface area contributed by atoms with Crippen molar-refractivity contribution in [1.82, 2.24) is 5.43 Å². The Morgan fingerprint density at radius 1 is 1.39 bits per heavy atom. The molecule has 0 aromatic heterocycles. The van der Waals surface area contributed by atoms with E-state index in [1.54, 1.807) is 6.21 Å². The van der Waals surface area contributed by atoms with Gasteiger partial charge in [0.15, 0.2) is 11.5 Å². The van der Waals surface area contributed by atoms with Gasteiger partial charge in [-0.2, -0.15) is 5.10 Å². The minimum atomic E-state index is 0.0486. The lowest BCUT2D eigenvalue weighted by Crippen LogP contribution is -2.22. The summed E-state index contributed by atoms with van der Waals surface area (Å²) in [5, 5.41) is 4.13. The van der Waals surface area contributed by atoms with E-state index in [9.17, 15) is 4.79 Å². The standard InChI is InChI=1S/C17H19BrN2O3/c1-17-5-3-2-4-11(17)15(17)16(21)20-19-8-10-6-13-14(7-12(10)18)23-9-22-13/h6-8,11,15H,2-5,9H2,1H3,(H,20,21)/t11-,15-,17+/m1/s1. The lowest BCUT2D eigenvalue weighted by Gasteiger charge is -2.15. The van der Waals surface area contributed by atoms with E-state index in [4.69, 9.17) is 9.47 Å². The second-order valence-corrected chi connectivity index (χ2v) is 7.65. The van der Waals surface area contributed by atoms with Gasteiger partial charge in [0.05, 0.1) is 6.21 Å². The summed E-state index contributed by atoms with van der Waals surface area (Å²) in [6.07, 6.45) is 6.46. The first-order chi connectivity index (χ1) is 11.1. The van der Waals surface area contributed by atoms with Crippen molar-refractivity contribution in [3.63, 3.8) is 0 Å². The molecule has 1 N–H and O–H groups in total. The van der Waals surface area contributed by atoms with Crippen molar-refractivity contribution in [2.75, 3.05) is 6.79 Å². The first-order valence-electron chi connectivity index (χ1n) is 8.02. The van der Waals surface area contributed by atoms with Crippen molar-refractivity contribution in [1.29, 1.82) is 0 Å². The Bertz CT molecular complexity index is 691. The minimum Gasteiger partial charge on any atom is -0.454 e. The summed E-state index contributed by atoms with van der Waals surface area (Å²) >= 11 is 3.48. The van der Waals surface area contributed by atoms with Gasteiger partial charge >= 0.3 is 0 Å². The quantitative estimate of drug-likeness (QED) is 0.647. The summed E-state index contributed by atoms with van der Waals surface area (Å²) in [5.41, 5.74) is 3.75. The Labute approximate surface area is 143 Å². The van der Waals surface area contributed by atoms with Crippen LogP contribution in [0.3, 0.4) is 0 Å². The van der Waals surface area contributed by atoms with E-state index < -0.39 is 0 Å². The normalized spacial score (nSPS) is 31.0. The number of hydrogen-bond donors (Lipinski definition) is 1. The van der Waals surface area contributed by atoms with Gasteiger partial charge in [-0.1, -0.05) is 19.8 Å². The molecule has 6 heteroatoms. The number of carbonyl (C=O) groups excluding carboxylic acids is 1. The molecule has 3 atom stereocenters. The van der Waals surface area contributed by atoms with E-state index in [1.807, 2.05) is 12.1 Å². The van der Waals surface area contributed by atoms with Gasteiger partial charge in [0, 0.05) is 16.0 Å². The fraction of sp³-hybridized carbons (Fsp3) is 0.529. The van der Waals surface area contributed by atoms with Crippen molar-refractivity contribution in [3.8, 4) is 11.5 Å². The molecule has 0 saturated heterocycles. The summed E-state index contributed by atoms with van der Waals surface area (Å²) in [6.45, 7) is 2.47. The van der Waals surface area contributed by atoms with Crippen LogP contribution in [-0.2, 0) is 4.79 Å². The summed E-state index contributed by atoms with van der Waals surface area (Å²) in [6, 6.07) is 3.70. The summed E-state index contributed by atoms with van der Waals surface area (Å²) < 4.78 is 11.5. The largest absolute Gasteiger partial charge is 0.454 e. The molecule has 1 amide bonds. The highest BCUT2D eigenvalue weighted by Gasteiger charge is 2.64. The molecule has 1 aliphatic heterocycles. The molecule has 1 heterocycles. The predicted molar refractivity (Wildman–Crippen MR) is 89.6 cm³/mol. The Hall–Kier alpha value is -1.56. The minimum absolute atomic E-state index is 0.0486. The molecule has 23 heavy (non-hydrogen) atoms. The molecule has 0 spiro atoms. The third kappa shape index (κ3) is 2.53. The van der Waals surface area contributed by atoms with Crippen molar-refractivity contribution >= 4 is 28.1 Å². The van der Waals surface area contributed by atoms with Crippen LogP contribution in [0.2, 0.25) is 0 Å². The maximum absolute atomic E-state index is 12.4. The van der Waals surface area contributed by atoms with Crippen molar-refractivity contribution in [3.05, 3.63) is 22.2 Å². The van der Waals surface area contributed by atoms with E-state index in [0.29, 0.717) is 17.4 Å². The topological polar surface area (TPSA) is 59.9 Å². The van der Waals surface area contributed by atoms with Crippen LogP contribution in [-0.4, -0.2) is 18.9 Å². The van der Waals surface area contributed by atoms with E-state index in [2.05, 4.69) is 33.4 Å². The molecule has 1 aromatic rings. The molecule has 122 valence electrons. The number of benzene rings is 1. The van der Waals surface area contributed by atoms with E-state index in [0.717, 1.165) is 16.5 Å². The monoisotopic (exact) mass is 378 g/mol. The third-order valence-corrected chi connectivity index (χ3v) is 6.17. The lowest BCUT2D eigenvalue weighted by atomic mass is 9.90. The first-order valence-corrected chi connectivity index (χ1v) is 8.81. The SMILES string of the molecule is C[C@]12CCCC[C@@H]1[C@@H]2C(=O)NN=Cc1cc2c(cc1Br)OCO2. The fourth-order valence-electron chi connectivity index (χ4n) is 4.12. The van der Waals surface area contributed by atoms with Gasteiger partial charge in [-0.3, -0.25) is 4.79 Å². The van der Waals surface area contributed by atoms with Gasteiger partial charge in [-0.05, 0) is 52.2 Å². The smallest absolute Gasteiger partial charge is 0.244 e. The van der Waals surface area contributed by atoms with Crippen LogP contribution in [0.4, 0.5) is 0 Å². The van der Waals surface area contributed by atoms with Crippen LogP contribution in [0.25, 0.3) is 0 Å². The Kier molecular flexibility index (Phi) is 3.59. The van der Waals surface area contributed by atoms with Gasteiger partial charge in [0.1, 0.15) is 0 Å². The molecular weight excluding hydrogens is 360 g/mol. The second-order valence-electron chi connectivity index (χ2n) is 6.80. The molecule has 4 rings (SSSR count). The zero-order chi connectivity index (χ0) is 16.0. The number of rotatable bonds is 3. The van der Waals surface area contributed by atoms with Gasteiger partial charge in [0.25, 0.3) is 0 Å². The molecular formula is C17H19BrN2O3. The van der Waals surface area contributed by atoms with E-state index in [-0.39, 0.29) is 24.0 Å². The first kappa shape index (κ1) is 15.0. The number of carbonyl (C=O) groups is 1. The highest BCUT2D eigenvalue weighted by atomic mass is 79.9. The molecule has 2 fully saturated rings. The van der Waals surface area contributed by atoms with Crippen molar-refractivity contribution in [2.24, 2.45) is 22.4 Å². The van der Waals surface area contributed by atoms with Crippen LogP contribution in [0, 0.1) is 17.3 Å². The molecule has 1 aromatic carbocycles. The van der Waals surface area contributed by atoms with Crippen LogP contribution < -0.4 is 14.9 Å². The number of hydrogen-bond acceptors (Lipinski definition) is 4. The number of amides is 1. The number of ether oxygens (including phenoxy) is 2. The zero-order valence-electron chi connectivity index (χ0n) is 13.0. The molecule has 5 nitrogen and oxygen atoms in total. The lowest BCUT2D eigenvalue weighted by molar-refractivity contribution is -0.123. The van der Waals surface area contributed by atoms with Crippen molar-refractivity contribution < 1.29 is 14.3 Å². The molecule has 0 radical (unpaired) electrons. The molecule has 0 bridgehead atoms. The summed E-state index contributed by atoms with van der Waals surface area (Å²) in [7, 11) is 0. The van der Waals surface area contributed by atoms with Gasteiger partial charge in [-0.15, -0.1) is 0 Å². The van der Waals surface area contributed by atoms with Crippen LogP contribution >= 0.6 is 15.9 Å². The number of hydrazone groups is 1. The molecule has 0 unspecified atom stereocenters. The number of fused-ring (bicyclic) bond motifs is 2. The number of nitrogens with one attached hydrogen (secondary N) is 1. The molecule has 2 saturated carbocycles. The molecule has 2 aliphatic carbocycles. The maximum atomic E-state index is 12.4. The van der Waals surface area contributed by atoms with E-state index in [1.165, 1.54) is 19.3 Å². The summed E-state index contributed by atoms with van der Waals surface area (Å²) in [4.78, 5) is 12.4. The second kappa shape index (κ2) is 5.51. The third-order valence-electron chi connectivity index (χ3n) is 5.48. The van der Waals surface area contributed by atoms with Crippen LogP contribution in [0.15, 0.2) is 21.7 Å². The van der Waals surface area contributed by atoms with Gasteiger partial charge < -0.3 is 9.47 Å². The maximum Gasteiger partial charge on any atom is 0.244 e.